The minimum Gasteiger partial charge on any atom is -0.449 e. The number of rotatable bonds is 16. The van der Waals surface area contributed by atoms with Gasteiger partial charge in [0.25, 0.3) is 0 Å². The van der Waals surface area contributed by atoms with Gasteiger partial charge < -0.3 is 4.74 Å². The van der Waals surface area contributed by atoms with E-state index in [1.54, 1.807) is 12.4 Å². The van der Waals surface area contributed by atoms with Gasteiger partial charge in [0.2, 0.25) is 0 Å². The highest BCUT2D eigenvalue weighted by atomic mass is 16.5. The van der Waals surface area contributed by atoms with Crippen LogP contribution in [0.3, 0.4) is 0 Å². The summed E-state index contributed by atoms with van der Waals surface area (Å²) in [6.07, 6.45) is 23.0. The summed E-state index contributed by atoms with van der Waals surface area (Å²) in [6.45, 7) is 5.14. The first-order valence-electron chi connectivity index (χ1n) is 10.8. The van der Waals surface area contributed by atoms with Crippen LogP contribution in [0.4, 0.5) is 4.79 Å². The lowest BCUT2D eigenvalue weighted by Gasteiger charge is -2.05. The fourth-order valence-corrected chi connectivity index (χ4v) is 3.20. The Labute approximate surface area is 160 Å². The van der Waals surface area contributed by atoms with E-state index in [1.807, 2.05) is 0 Å². The van der Waals surface area contributed by atoms with Crippen LogP contribution in [0.25, 0.3) is 0 Å². The van der Waals surface area contributed by atoms with Gasteiger partial charge in [-0.25, -0.2) is 14.3 Å². The van der Waals surface area contributed by atoms with Crippen molar-refractivity contribution < 1.29 is 9.53 Å². The minimum atomic E-state index is -0.331. The molecule has 0 saturated heterocycles. The summed E-state index contributed by atoms with van der Waals surface area (Å²) >= 11 is 0. The highest BCUT2D eigenvalue weighted by Gasteiger charge is 2.03. The Bertz CT molecular complexity index is 429. The van der Waals surface area contributed by atoms with Crippen molar-refractivity contribution in [3.8, 4) is 0 Å². The van der Waals surface area contributed by atoms with Crippen LogP contribution in [0.1, 0.15) is 104 Å². The summed E-state index contributed by atoms with van der Waals surface area (Å²) < 4.78 is 6.56. The van der Waals surface area contributed by atoms with Gasteiger partial charge in [0, 0.05) is 12.4 Å². The van der Waals surface area contributed by atoms with Gasteiger partial charge in [-0.1, -0.05) is 97.3 Å². The summed E-state index contributed by atoms with van der Waals surface area (Å²) in [4.78, 5) is 15.4. The van der Waals surface area contributed by atoms with Crippen LogP contribution >= 0.6 is 0 Å². The molecule has 0 spiro atoms. The molecule has 0 saturated carbocycles. The molecule has 0 amide bonds. The highest BCUT2D eigenvalue weighted by molar-refractivity contribution is 5.69. The van der Waals surface area contributed by atoms with E-state index in [0.717, 1.165) is 18.8 Å². The van der Waals surface area contributed by atoms with Crippen LogP contribution in [-0.4, -0.2) is 22.3 Å². The predicted octanol–water partition coefficient (Wildman–Crippen LogP) is 6.99. The van der Waals surface area contributed by atoms with Gasteiger partial charge in [0.05, 0.1) is 6.61 Å². The topological polar surface area (TPSA) is 44.1 Å². The van der Waals surface area contributed by atoms with Crippen LogP contribution < -0.4 is 0 Å². The van der Waals surface area contributed by atoms with E-state index < -0.39 is 0 Å². The van der Waals surface area contributed by atoms with Crippen LogP contribution in [0.5, 0.6) is 0 Å². The third-order valence-electron chi connectivity index (χ3n) is 4.87. The number of carbonyl (C=O) groups is 1. The zero-order valence-corrected chi connectivity index (χ0v) is 17.1. The van der Waals surface area contributed by atoms with Gasteiger partial charge in [-0.05, 0) is 12.3 Å². The van der Waals surface area contributed by atoms with Gasteiger partial charge in [0.15, 0.2) is 0 Å². The molecule has 0 aromatic carbocycles. The second-order valence-corrected chi connectivity index (χ2v) is 7.86. The second kappa shape index (κ2) is 15.9. The lowest BCUT2D eigenvalue weighted by molar-refractivity contribution is 0.145. The number of carbonyl (C=O) groups excluding carboxylic acids is 1. The fourth-order valence-electron chi connectivity index (χ4n) is 3.20. The third-order valence-corrected chi connectivity index (χ3v) is 4.87. The molecule has 0 bridgehead atoms. The SMILES string of the molecule is CC(C)CCCCCCCCCCCCCCCOC(=O)n1ccnc1. The molecule has 26 heavy (non-hydrogen) atoms. The van der Waals surface area contributed by atoms with E-state index in [1.165, 1.54) is 87.9 Å². The number of hydrogen-bond donors (Lipinski definition) is 0. The Balaban J connectivity index is 1.73. The highest BCUT2D eigenvalue weighted by Crippen LogP contribution is 2.14. The summed E-state index contributed by atoms with van der Waals surface area (Å²) in [6, 6.07) is 0. The Morgan fingerprint density at radius 2 is 1.35 bits per heavy atom. The molecule has 0 N–H and O–H groups in total. The van der Waals surface area contributed by atoms with Gasteiger partial charge in [0.1, 0.15) is 6.33 Å². The third kappa shape index (κ3) is 13.0. The molecule has 1 aromatic rings. The van der Waals surface area contributed by atoms with Crippen LogP contribution in [0.2, 0.25) is 0 Å². The molecule has 0 atom stereocenters. The molecular formula is C22H40N2O2. The van der Waals surface area contributed by atoms with Gasteiger partial charge >= 0.3 is 6.09 Å². The average molecular weight is 365 g/mol. The van der Waals surface area contributed by atoms with Crippen LogP contribution in [-0.2, 0) is 4.74 Å². The number of nitrogens with zero attached hydrogens (tertiary/aromatic N) is 2. The quantitative estimate of drug-likeness (QED) is 0.297. The zero-order chi connectivity index (χ0) is 18.9. The second-order valence-electron chi connectivity index (χ2n) is 7.86. The van der Waals surface area contributed by atoms with Gasteiger partial charge in [-0.3, -0.25) is 0 Å². The maximum absolute atomic E-state index is 11.6. The number of ether oxygens (including phenoxy) is 1. The summed E-state index contributed by atoms with van der Waals surface area (Å²) in [5.74, 6) is 0.868. The largest absolute Gasteiger partial charge is 0.449 e. The number of unbranched alkanes of at least 4 members (excludes halogenated alkanes) is 12. The maximum Gasteiger partial charge on any atom is 0.419 e. The zero-order valence-electron chi connectivity index (χ0n) is 17.1. The molecule has 0 radical (unpaired) electrons. The van der Waals surface area contributed by atoms with E-state index in [9.17, 15) is 4.79 Å². The lowest BCUT2D eigenvalue weighted by atomic mass is 10.0. The first-order chi connectivity index (χ1) is 12.7. The summed E-state index contributed by atoms with van der Waals surface area (Å²) in [7, 11) is 0. The number of imidazole rings is 1. The first kappa shape index (κ1) is 22.7. The van der Waals surface area contributed by atoms with E-state index in [2.05, 4.69) is 18.8 Å². The van der Waals surface area contributed by atoms with Gasteiger partial charge in [-0.2, -0.15) is 0 Å². The molecule has 0 aliphatic carbocycles. The fraction of sp³-hybridized carbons (Fsp3) is 0.818. The van der Waals surface area contributed by atoms with Crippen molar-refractivity contribution in [1.82, 2.24) is 9.55 Å². The molecule has 150 valence electrons. The molecule has 1 heterocycles. The first-order valence-corrected chi connectivity index (χ1v) is 10.8. The van der Waals surface area contributed by atoms with Crippen molar-refractivity contribution in [2.75, 3.05) is 6.61 Å². The minimum absolute atomic E-state index is 0.331. The normalized spacial score (nSPS) is 11.2. The van der Waals surface area contributed by atoms with Crippen molar-refractivity contribution in [2.24, 2.45) is 5.92 Å². The Morgan fingerprint density at radius 3 is 1.81 bits per heavy atom. The maximum atomic E-state index is 11.6. The summed E-state index contributed by atoms with van der Waals surface area (Å²) in [5.41, 5.74) is 0. The molecule has 1 aromatic heterocycles. The van der Waals surface area contributed by atoms with Crippen molar-refractivity contribution >= 4 is 6.09 Å². The van der Waals surface area contributed by atoms with Gasteiger partial charge in [-0.15, -0.1) is 0 Å². The number of hydrogen-bond acceptors (Lipinski definition) is 3. The molecule has 0 aliphatic heterocycles. The van der Waals surface area contributed by atoms with Crippen molar-refractivity contribution in [3.05, 3.63) is 18.7 Å². The molecule has 1 rings (SSSR count). The lowest BCUT2D eigenvalue weighted by Crippen LogP contribution is -2.12. The van der Waals surface area contributed by atoms with E-state index in [4.69, 9.17) is 4.74 Å². The monoisotopic (exact) mass is 364 g/mol. The molecule has 4 heteroatoms. The Kier molecular flexibility index (Phi) is 13.9. The van der Waals surface area contributed by atoms with Crippen LogP contribution in [0, 0.1) is 5.92 Å². The molecular weight excluding hydrogens is 324 g/mol. The molecule has 4 nitrogen and oxygen atoms in total. The standard InChI is InChI=1S/C22H40N2O2/c1-21(2)16-14-12-10-8-6-4-3-5-7-9-11-13-15-19-26-22(25)24-18-17-23-20-24/h17-18,20-21H,3-16,19H2,1-2H3. The molecule has 0 aliphatic rings. The number of aromatic nitrogens is 2. The van der Waals surface area contributed by atoms with E-state index in [-0.39, 0.29) is 6.09 Å². The smallest absolute Gasteiger partial charge is 0.419 e. The predicted molar refractivity (Wildman–Crippen MR) is 108 cm³/mol. The van der Waals surface area contributed by atoms with Crippen molar-refractivity contribution in [3.63, 3.8) is 0 Å². The van der Waals surface area contributed by atoms with E-state index >= 15 is 0 Å². The van der Waals surface area contributed by atoms with Crippen molar-refractivity contribution in [1.29, 1.82) is 0 Å². The van der Waals surface area contributed by atoms with Crippen LogP contribution in [0.15, 0.2) is 18.7 Å². The Hall–Kier alpha value is -1.32. The van der Waals surface area contributed by atoms with E-state index in [0.29, 0.717) is 6.61 Å². The molecule has 0 fully saturated rings. The van der Waals surface area contributed by atoms with Crippen molar-refractivity contribution in [2.45, 2.75) is 104 Å². The average Bonchev–Trinajstić information content (AvgIpc) is 3.15. The molecule has 0 unspecified atom stereocenters. The Morgan fingerprint density at radius 1 is 0.846 bits per heavy atom. The summed E-state index contributed by atoms with van der Waals surface area (Å²) in [5, 5.41) is 0.